The van der Waals surface area contributed by atoms with Gasteiger partial charge < -0.3 is 14.7 Å². The number of hydrogen-bond donors (Lipinski definition) is 2. The Morgan fingerprint density at radius 1 is 1.09 bits per heavy atom. The van der Waals surface area contributed by atoms with Crippen LogP contribution in [0.3, 0.4) is 0 Å². The highest BCUT2D eigenvalue weighted by Crippen LogP contribution is 2.24. The number of aromatic amines is 1. The largest absolute Gasteiger partial charge is 0.467 e. The van der Waals surface area contributed by atoms with Gasteiger partial charge in [0.05, 0.1) is 23.4 Å². The van der Waals surface area contributed by atoms with E-state index in [0.717, 1.165) is 0 Å². The van der Waals surface area contributed by atoms with Crippen LogP contribution in [0, 0.1) is 0 Å². The summed E-state index contributed by atoms with van der Waals surface area (Å²) in [5.74, 6) is -0.0400. The molecular formula is C23H21N3O5S. The lowest BCUT2D eigenvalue weighted by Crippen LogP contribution is -2.31. The number of carbonyl (C=O) groups is 1. The van der Waals surface area contributed by atoms with E-state index in [4.69, 9.17) is 4.42 Å². The van der Waals surface area contributed by atoms with E-state index in [1.807, 2.05) is 0 Å². The second kappa shape index (κ2) is 8.72. The van der Waals surface area contributed by atoms with Crippen molar-refractivity contribution in [3.8, 4) is 0 Å². The fraction of sp³-hybridized carbons (Fsp3) is 0.130. The molecule has 1 amide bonds. The Morgan fingerprint density at radius 3 is 2.56 bits per heavy atom. The first kappa shape index (κ1) is 21.4. The molecule has 4 aromatic rings. The molecule has 2 N–H and O–H groups in total. The van der Waals surface area contributed by atoms with Gasteiger partial charge in [0.1, 0.15) is 11.3 Å². The van der Waals surface area contributed by atoms with E-state index in [0.29, 0.717) is 17.0 Å². The molecule has 0 saturated carbocycles. The van der Waals surface area contributed by atoms with Crippen molar-refractivity contribution in [2.75, 3.05) is 10.8 Å². The van der Waals surface area contributed by atoms with Crippen molar-refractivity contribution in [1.29, 1.82) is 0 Å². The summed E-state index contributed by atoms with van der Waals surface area (Å²) < 4.78 is 33.0. The SMILES string of the molecule is CCN(c1ccccc1)S(=O)(=O)c1ccc2[nH]cc(C(=O)NCc3ccco3)c(=O)c2c1. The molecule has 0 aliphatic rings. The fourth-order valence-electron chi connectivity index (χ4n) is 3.42. The topological polar surface area (TPSA) is 112 Å². The number of sulfonamides is 1. The lowest BCUT2D eigenvalue weighted by atomic mass is 10.1. The second-order valence-electron chi connectivity index (χ2n) is 7.01. The van der Waals surface area contributed by atoms with E-state index in [9.17, 15) is 18.0 Å². The molecular weight excluding hydrogens is 430 g/mol. The number of fused-ring (bicyclic) bond motifs is 1. The zero-order valence-corrected chi connectivity index (χ0v) is 18.1. The maximum atomic E-state index is 13.3. The number of furan rings is 1. The predicted octanol–water partition coefficient (Wildman–Crippen LogP) is 3.27. The molecule has 0 unspecified atom stereocenters. The Labute approximate surface area is 184 Å². The van der Waals surface area contributed by atoms with Crippen molar-refractivity contribution in [3.05, 3.63) is 94.7 Å². The number of amides is 1. The van der Waals surface area contributed by atoms with E-state index in [1.165, 1.54) is 35.0 Å². The molecule has 0 fully saturated rings. The van der Waals surface area contributed by atoms with Crippen LogP contribution in [0.4, 0.5) is 5.69 Å². The lowest BCUT2D eigenvalue weighted by Gasteiger charge is -2.23. The number of benzene rings is 2. The van der Waals surface area contributed by atoms with Gasteiger partial charge in [0.15, 0.2) is 0 Å². The predicted molar refractivity (Wildman–Crippen MR) is 121 cm³/mol. The monoisotopic (exact) mass is 451 g/mol. The highest BCUT2D eigenvalue weighted by atomic mass is 32.2. The molecule has 32 heavy (non-hydrogen) atoms. The van der Waals surface area contributed by atoms with Gasteiger partial charge in [-0.1, -0.05) is 18.2 Å². The molecule has 0 aliphatic heterocycles. The summed E-state index contributed by atoms with van der Waals surface area (Å²) in [6.07, 6.45) is 2.81. The summed E-state index contributed by atoms with van der Waals surface area (Å²) in [6.45, 7) is 2.08. The average molecular weight is 452 g/mol. The molecule has 4 rings (SSSR count). The third-order valence-electron chi connectivity index (χ3n) is 5.02. The van der Waals surface area contributed by atoms with Crippen molar-refractivity contribution < 1.29 is 17.6 Å². The minimum atomic E-state index is -3.92. The minimum absolute atomic E-state index is 0.0330. The van der Waals surface area contributed by atoms with Crippen molar-refractivity contribution >= 4 is 32.5 Å². The summed E-state index contributed by atoms with van der Waals surface area (Å²) in [4.78, 5) is 28.4. The van der Waals surface area contributed by atoms with Crippen LogP contribution in [0.1, 0.15) is 23.0 Å². The van der Waals surface area contributed by atoms with Crippen LogP contribution in [0.25, 0.3) is 10.9 Å². The summed E-state index contributed by atoms with van der Waals surface area (Å²) >= 11 is 0. The molecule has 0 radical (unpaired) electrons. The minimum Gasteiger partial charge on any atom is -0.467 e. The fourth-order valence-corrected chi connectivity index (χ4v) is 4.92. The third-order valence-corrected chi connectivity index (χ3v) is 6.92. The maximum absolute atomic E-state index is 13.3. The smallest absolute Gasteiger partial charge is 0.264 e. The van der Waals surface area contributed by atoms with Crippen molar-refractivity contribution in [1.82, 2.24) is 10.3 Å². The van der Waals surface area contributed by atoms with Crippen LogP contribution in [0.5, 0.6) is 0 Å². The molecule has 0 atom stereocenters. The van der Waals surface area contributed by atoms with E-state index >= 15 is 0 Å². The van der Waals surface area contributed by atoms with Crippen LogP contribution in [0.15, 0.2) is 87.2 Å². The molecule has 2 aromatic carbocycles. The van der Waals surface area contributed by atoms with Gasteiger partial charge in [0.25, 0.3) is 15.9 Å². The molecule has 9 heteroatoms. The maximum Gasteiger partial charge on any atom is 0.264 e. The number of H-pyrrole nitrogens is 1. The summed E-state index contributed by atoms with van der Waals surface area (Å²) in [5.41, 5.74) is 0.277. The quantitative estimate of drug-likeness (QED) is 0.448. The Hall–Kier alpha value is -3.85. The number of hydrogen-bond acceptors (Lipinski definition) is 5. The number of aromatic nitrogens is 1. The molecule has 0 saturated heterocycles. The first-order valence-electron chi connectivity index (χ1n) is 9.95. The van der Waals surface area contributed by atoms with Crippen LogP contribution in [-0.4, -0.2) is 25.9 Å². The van der Waals surface area contributed by atoms with Gasteiger partial charge >= 0.3 is 0 Å². The lowest BCUT2D eigenvalue weighted by molar-refractivity contribution is 0.0947. The molecule has 8 nitrogen and oxygen atoms in total. The Bertz CT molecular complexity index is 1410. The van der Waals surface area contributed by atoms with Crippen LogP contribution < -0.4 is 15.1 Å². The normalized spacial score (nSPS) is 11.4. The average Bonchev–Trinajstić information content (AvgIpc) is 3.32. The van der Waals surface area contributed by atoms with Crippen LogP contribution in [-0.2, 0) is 16.6 Å². The zero-order valence-electron chi connectivity index (χ0n) is 17.2. The van der Waals surface area contributed by atoms with Gasteiger partial charge in [0, 0.05) is 23.6 Å². The Morgan fingerprint density at radius 2 is 1.88 bits per heavy atom. The van der Waals surface area contributed by atoms with Gasteiger partial charge in [-0.3, -0.25) is 13.9 Å². The summed E-state index contributed by atoms with van der Waals surface area (Å²) in [6, 6.07) is 16.4. The number of anilines is 1. The number of para-hydroxylation sites is 1. The van der Waals surface area contributed by atoms with Crippen LogP contribution >= 0.6 is 0 Å². The highest BCUT2D eigenvalue weighted by molar-refractivity contribution is 7.92. The van der Waals surface area contributed by atoms with Gasteiger partial charge in [0.2, 0.25) is 5.43 Å². The van der Waals surface area contributed by atoms with Gasteiger partial charge in [-0.05, 0) is 49.4 Å². The molecule has 2 heterocycles. The van der Waals surface area contributed by atoms with Crippen molar-refractivity contribution in [2.45, 2.75) is 18.4 Å². The van der Waals surface area contributed by atoms with E-state index < -0.39 is 21.4 Å². The van der Waals surface area contributed by atoms with Gasteiger partial charge in [-0.15, -0.1) is 0 Å². The number of rotatable bonds is 7. The van der Waals surface area contributed by atoms with E-state index in [2.05, 4.69) is 10.3 Å². The summed E-state index contributed by atoms with van der Waals surface area (Å²) in [7, 11) is -3.92. The van der Waals surface area contributed by atoms with E-state index in [1.54, 1.807) is 49.4 Å². The number of carbonyl (C=O) groups excluding carboxylic acids is 1. The van der Waals surface area contributed by atoms with E-state index in [-0.39, 0.29) is 28.9 Å². The van der Waals surface area contributed by atoms with Crippen molar-refractivity contribution in [3.63, 3.8) is 0 Å². The Balaban J connectivity index is 1.70. The summed E-state index contributed by atoms with van der Waals surface area (Å²) in [5, 5.41) is 2.73. The number of pyridine rings is 1. The standard InChI is InChI=1S/C23H21N3O5S/c1-2-26(16-7-4-3-5-8-16)32(29,30)18-10-11-21-19(13-18)22(27)20(15-24-21)23(28)25-14-17-9-6-12-31-17/h3-13,15H,2,14H2,1H3,(H,24,27)(H,25,28). The van der Waals surface area contributed by atoms with Crippen molar-refractivity contribution in [2.24, 2.45) is 0 Å². The highest BCUT2D eigenvalue weighted by Gasteiger charge is 2.24. The second-order valence-corrected chi connectivity index (χ2v) is 8.87. The van der Waals surface area contributed by atoms with Gasteiger partial charge in [-0.25, -0.2) is 8.42 Å². The molecule has 0 spiro atoms. The molecule has 0 aliphatic carbocycles. The molecule has 164 valence electrons. The molecule has 0 bridgehead atoms. The molecule has 2 aromatic heterocycles. The first-order valence-corrected chi connectivity index (χ1v) is 11.4. The zero-order chi connectivity index (χ0) is 22.7. The number of nitrogens with one attached hydrogen (secondary N) is 2. The Kier molecular flexibility index (Phi) is 5.83. The van der Waals surface area contributed by atoms with Crippen LogP contribution in [0.2, 0.25) is 0 Å². The first-order chi connectivity index (χ1) is 15.4. The number of nitrogens with zero attached hydrogens (tertiary/aromatic N) is 1. The van der Waals surface area contributed by atoms with Gasteiger partial charge in [-0.2, -0.15) is 0 Å². The third kappa shape index (κ3) is 4.02.